The van der Waals surface area contributed by atoms with Gasteiger partial charge in [0, 0.05) is 5.57 Å². The smallest absolute Gasteiger partial charge is 0.338 e. The van der Waals surface area contributed by atoms with E-state index in [0.29, 0.717) is 24.0 Å². The fraction of sp³-hybridized carbons (Fsp3) is 0.296. The largest absolute Gasteiger partial charge is 0.459 e. The van der Waals surface area contributed by atoms with Crippen molar-refractivity contribution in [1.29, 1.82) is 0 Å². The summed E-state index contributed by atoms with van der Waals surface area (Å²) in [6.45, 7) is -0.435. The quantitative estimate of drug-likeness (QED) is 0.276. The van der Waals surface area contributed by atoms with E-state index in [0.717, 1.165) is 0 Å². The second-order valence-electron chi connectivity index (χ2n) is 8.20. The second-order valence-corrected chi connectivity index (χ2v) is 9.10. The summed E-state index contributed by atoms with van der Waals surface area (Å²) in [5.41, 5.74) is 0.924. The Kier molecular flexibility index (Phi) is 8.66. The molecule has 0 spiro atoms. The van der Waals surface area contributed by atoms with Gasteiger partial charge in [-0.15, -0.1) is 0 Å². The summed E-state index contributed by atoms with van der Waals surface area (Å²) in [5, 5.41) is -1.03. The van der Waals surface area contributed by atoms with Crippen LogP contribution in [-0.4, -0.2) is 54.0 Å². The highest BCUT2D eigenvalue weighted by Crippen LogP contribution is 2.33. The molecule has 1 heterocycles. The molecule has 9 heteroatoms. The lowest BCUT2D eigenvalue weighted by Gasteiger charge is -2.40. The van der Waals surface area contributed by atoms with Gasteiger partial charge in [0.15, 0.2) is 23.4 Å². The molecule has 1 saturated heterocycles. The van der Waals surface area contributed by atoms with E-state index in [1.165, 1.54) is 0 Å². The molecule has 0 bridgehead atoms. The van der Waals surface area contributed by atoms with Crippen LogP contribution in [0.5, 0.6) is 0 Å². The number of halogens is 2. The number of hydrogen-bond acceptors (Lipinski definition) is 7. The van der Waals surface area contributed by atoms with E-state index in [2.05, 4.69) is 15.9 Å². The highest BCUT2D eigenvalue weighted by atomic mass is 79.9. The van der Waals surface area contributed by atoms with E-state index in [-0.39, 0.29) is 5.56 Å². The fourth-order valence-corrected chi connectivity index (χ4v) is 4.48. The number of carbonyl (C=O) groups is 3. The predicted molar refractivity (Wildman–Crippen MR) is 131 cm³/mol. The number of benzene rings is 2. The molecule has 5 unspecified atom stereocenters. The topological polar surface area (TPSA) is 88.1 Å². The van der Waals surface area contributed by atoms with Crippen molar-refractivity contribution in [1.82, 2.24) is 0 Å². The minimum absolute atomic E-state index is 0.247. The maximum absolute atomic E-state index is 15.7. The Labute approximate surface area is 216 Å². The molecule has 7 nitrogen and oxygen atoms in total. The van der Waals surface area contributed by atoms with Crippen LogP contribution in [-0.2, 0) is 23.7 Å². The van der Waals surface area contributed by atoms with Crippen LogP contribution in [0.15, 0.2) is 84.5 Å². The molecule has 188 valence electrons. The van der Waals surface area contributed by atoms with Crippen LogP contribution in [0.2, 0.25) is 0 Å². The molecule has 0 aromatic heterocycles. The Bertz CT molecular complexity index is 1140. The molecule has 0 saturated carbocycles. The van der Waals surface area contributed by atoms with Gasteiger partial charge in [0.25, 0.3) is 0 Å². The summed E-state index contributed by atoms with van der Waals surface area (Å²) in [4.78, 5) is 37.8. The molecule has 0 N–H and O–H groups in total. The van der Waals surface area contributed by atoms with Gasteiger partial charge >= 0.3 is 17.9 Å². The first kappa shape index (κ1) is 25.8. The number of carbonyl (C=O) groups excluding carboxylic acids is 3. The third kappa shape index (κ3) is 6.27. The second kappa shape index (κ2) is 12.1. The first-order chi connectivity index (χ1) is 17.4. The molecule has 4 rings (SSSR count). The maximum Gasteiger partial charge on any atom is 0.338 e. The van der Waals surface area contributed by atoms with Crippen LogP contribution >= 0.6 is 15.9 Å². The van der Waals surface area contributed by atoms with Crippen LogP contribution < -0.4 is 0 Å². The summed E-state index contributed by atoms with van der Waals surface area (Å²) in [6.07, 6.45) is 0.314. The van der Waals surface area contributed by atoms with E-state index >= 15 is 4.39 Å². The van der Waals surface area contributed by atoms with E-state index in [9.17, 15) is 14.4 Å². The lowest BCUT2D eigenvalue weighted by molar-refractivity contribution is -0.202. The van der Waals surface area contributed by atoms with Crippen molar-refractivity contribution >= 4 is 33.8 Å². The number of hydrogen-bond donors (Lipinski definition) is 0. The summed E-state index contributed by atoms with van der Waals surface area (Å²) >= 11 is 3.28. The van der Waals surface area contributed by atoms with Crippen LogP contribution in [0.1, 0.15) is 33.6 Å². The molecule has 0 amide bonds. The molecule has 5 atom stereocenters. The van der Waals surface area contributed by atoms with E-state index in [4.69, 9.17) is 18.9 Å². The number of alkyl halides is 2. The molecule has 2 aliphatic rings. The zero-order chi connectivity index (χ0) is 25.5. The third-order valence-electron chi connectivity index (χ3n) is 5.72. The van der Waals surface area contributed by atoms with Gasteiger partial charge < -0.3 is 18.9 Å². The Morgan fingerprint density at radius 3 is 2.11 bits per heavy atom. The van der Waals surface area contributed by atoms with Gasteiger partial charge in [-0.1, -0.05) is 70.6 Å². The number of ether oxygens (including phenoxy) is 4. The summed E-state index contributed by atoms with van der Waals surface area (Å²) in [5.74, 6) is -2.09. The zero-order valence-corrected chi connectivity index (χ0v) is 20.7. The minimum atomic E-state index is -1.94. The summed E-state index contributed by atoms with van der Waals surface area (Å²) in [7, 11) is 0. The Hall–Kier alpha value is -3.30. The summed E-state index contributed by atoms with van der Waals surface area (Å²) < 4.78 is 37.7. The van der Waals surface area contributed by atoms with Crippen molar-refractivity contribution in [2.75, 3.05) is 6.61 Å². The van der Waals surface area contributed by atoms with E-state index in [1.807, 2.05) is 6.08 Å². The van der Waals surface area contributed by atoms with Gasteiger partial charge in [-0.2, -0.15) is 0 Å². The van der Waals surface area contributed by atoms with Crippen molar-refractivity contribution in [3.05, 3.63) is 95.6 Å². The average molecular weight is 559 g/mol. The Morgan fingerprint density at radius 2 is 1.50 bits per heavy atom. The average Bonchev–Trinajstić information content (AvgIpc) is 2.92. The molecule has 2 aromatic rings. The van der Waals surface area contributed by atoms with Gasteiger partial charge in [0.2, 0.25) is 0 Å². The first-order valence-electron chi connectivity index (χ1n) is 11.4. The molecular weight excluding hydrogens is 535 g/mol. The monoisotopic (exact) mass is 558 g/mol. The normalized spacial score (nSPS) is 25.4. The maximum atomic E-state index is 15.7. The molecule has 0 radical (unpaired) electrons. The van der Waals surface area contributed by atoms with E-state index in [1.54, 1.807) is 72.8 Å². The number of rotatable bonds is 7. The predicted octanol–water partition coefficient (Wildman–Crippen LogP) is 4.72. The van der Waals surface area contributed by atoms with Crippen molar-refractivity contribution in [3.8, 4) is 0 Å². The van der Waals surface area contributed by atoms with Crippen molar-refractivity contribution in [3.63, 3.8) is 0 Å². The van der Waals surface area contributed by atoms with Crippen LogP contribution in [0.3, 0.4) is 0 Å². The van der Waals surface area contributed by atoms with Gasteiger partial charge in [0.1, 0.15) is 12.7 Å². The van der Waals surface area contributed by atoms with Crippen molar-refractivity contribution in [2.45, 2.75) is 42.3 Å². The first-order valence-corrected chi connectivity index (χ1v) is 12.3. The fourth-order valence-electron chi connectivity index (χ4n) is 3.80. The molecule has 1 aliphatic carbocycles. The molecule has 2 aromatic carbocycles. The highest BCUT2D eigenvalue weighted by Gasteiger charge is 2.50. The number of allylic oxidation sites excluding steroid dienone is 3. The lowest BCUT2D eigenvalue weighted by atomic mass is 10.00. The standard InChI is InChI=1S/C27H24BrFO7/c28-24-23(36-27(32)19-14-8-3-9-15-19)22(35-26(31)18-12-6-2-7-13-18)21(29)20(34-24)16-33-25(30)17-10-4-1-5-11-17/h1-6,8-12,14-15,20-24H,7,13,16H2. The molecule has 1 aliphatic heterocycles. The van der Waals surface area contributed by atoms with Gasteiger partial charge in [-0.3, -0.25) is 0 Å². The van der Waals surface area contributed by atoms with E-state index < -0.39 is 54.0 Å². The highest BCUT2D eigenvalue weighted by molar-refractivity contribution is 9.09. The van der Waals surface area contributed by atoms with Crippen LogP contribution in [0, 0.1) is 0 Å². The van der Waals surface area contributed by atoms with Gasteiger partial charge in [-0.05, 0) is 37.1 Å². The molecule has 36 heavy (non-hydrogen) atoms. The molecular formula is C27H24BrFO7. The SMILES string of the molecule is O=C(OC1C(F)C(COC(=O)c2ccccc2)OC(Br)C1OC(=O)c1ccccc1)C1=CC=CCC1. The molecule has 1 fully saturated rings. The Morgan fingerprint density at radius 1 is 0.889 bits per heavy atom. The number of esters is 3. The van der Waals surface area contributed by atoms with Gasteiger partial charge in [0.05, 0.1) is 11.1 Å². The zero-order valence-electron chi connectivity index (χ0n) is 19.1. The van der Waals surface area contributed by atoms with Crippen LogP contribution in [0.4, 0.5) is 4.39 Å². The third-order valence-corrected chi connectivity index (χ3v) is 6.45. The summed E-state index contributed by atoms with van der Waals surface area (Å²) in [6, 6.07) is 16.4. The minimum Gasteiger partial charge on any atom is -0.459 e. The van der Waals surface area contributed by atoms with Gasteiger partial charge in [-0.25, -0.2) is 18.8 Å². The van der Waals surface area contributed by atoms with Crippen molar-refractivity contribution in [2.24, 2.45) is 0 Å². The van der Waals surface area contributed by atoms with Crippen molar-refractivity contribution < 1.29 is 37.7 Å². The van der Waals surface area contributed by atoms with Crippen LogP contribution in [0.25, 0.3) is 0 Å². The Balaban J connectivity index is 1.51. The lowest BCUT2D eigenvalue weighted by Crippen LogP contribution is -2.58.